The normalized spacial score (nSPS) is 32.3. The third kappa shape index (κ3) is 3.49. The van der Waals surface area contributed by atoms with E-state index >= 15 is 0 Å². The Morgan fingerprint density at radius 1 is 1.32 bits per heavy atom. The van der Waals surface area contributed by atoms with Crippen LogP contribution in [0, 0.1) is 17.8 Å². The van der Waals surface area contributed by atoms with Crippen molar-refractivity contribution in [2.24, 2.45) is 23.5 Å². The van der Waals surface area contributed by atoms with Gasteiger partial charge in [0.1, 0.15) is 0 Å². The van der Waals surface area contributed by atoms with Crippen molar-refractivity contribution in [1.82, 2.24) is 10.3 Å². The van der Waals surface area contributed by atoms with Crippen LogP contribution in [0.5, 0.6) is 0 Å². The zero-order valence-electron chi connectivity index (χ0n) is 13.4. The second-order valence-corrected chi connectivity index (χ2v) is 7.17. The number of nitrogens with two attached hydrogens (primary N) is 1. The van der Waals surface area contributed by atoms with Crippen LogP contribution in [0.2, 0.25) is 0 Å². The minimum atomic E-state index is 0.158. The van der Waals surface area contributed by atoms with Crippen molar-refractivity contribution in [2.75, 3.05) is 0 Å². The van der Waals surface area contributed by atoms with E-state index in [1.54, 1.807) is 12.4 Å². The van der Waals surface area contributed by atoms with Crippen LogP contribution in [-0.4, -0.2) is 23.0 Å². The minimum absolute atomic E-state index is 0.158. The van der Waals surface area contributed by atoms with E-state index in [4.69, 9.17) is 5.73 Å². The van der Waals surface area contributed by atoms with Gasteiger partial charge in [0.25, 0.3) is 0 Å². The topological polar surface area (TPSA) is 68.0 Å². The maximum Gasteiger partial charge on any atom is 0.223 e. The van der Waals surface area contributed by atoms with Gasteiger partial charge in [-0.1, -0.05) is 6.42 Å². The molecular weight excluding hydrogens is 274 g/mol. The van der Waals surface area contributed by atoms with Crippen molar-refractivity contribution in [3.8, 4) is 0 Å². The quantitative estimate of drug-likeness (QED) is 0.896. The van der Waals surface area contributed by atoms with Gasteiger partial charge in [-0.15, -0.1) is 0 Å². The molecule has 2 aliphatic rings. The van der Waals surface area contributed by atoms with Gasteiger partial charge in [0, 0.05) is 30.4 Å². The summed E-state index contributed by atoms with van der Waals surface area (Å²) in [5.41, 5.74) is 7.53. The molecule has 2 bridgehead atoms. The van der Waals surface area contributed by atoms with Crippen LogP contribution in [0.15, 0.2) is 24.5 Å². The van der Waals surface area contributed by atoms with Gasteiger partial charge in [-0.2, -0.15) is 0 Å². The fourth-order valence-electron chi connectivity index (χ4n) is 4.29. The SMILES string of the molecule is CC(Cc1ccncc1)NC(=O)C1CC2CCCC(C1)C2N. The lowest BCUT2D eigenvalue weighted by Crippen LogP contribution is -2.50. The maximum atomic E-state index is 12.6. The second kappa shape index (κ2) is 6.78. The molecule has 1 aromatic heterocycles. The zero-order chi connectivity index (χ0) is 15.5. The average molecular weight is 301 g/mol. The molecule has 0 spiro atoms. The molecule has 4 heteroatoms. The molecule has 0 aliphatic heterocycles. The number of pyridine rings is 1. The monoisotopic (exact) mass is 301 g/mol. The summed E-state index contributed by atoms with van der Waals surface area (Å²) in [6.07, 6.45) is 10.1. The molecule has 3 unspecified atom stereocenters. The van der Waals surface area contributed by atoms with Crippen LogP contribution in [0.1, 0.15) is 44.6 Å². The third-order valence-corrected chi connectivity index (χ3v) is 5.46. The number of rotatable bonds is 4. The Morgan fingerprint density at radius 3 is 2.59 bits per heavy atom. The molecule has 120 valence electrons. The number of hydrogen-bond donors (Lipinski definition) is 2. The lowest BCUT2D eigenvalue weighted by atomic mass is 9.65. The fourth-order valence-corrected chi connectivity index (χ4v) is 4.29. The first-order chi connectivity index (χ1) is 10.6. The van der Waals surface area contributed by atoms with Gasteiger partial charge in [0.2, 0.25) is 5.91 Å². The van der Waals surface area contributed by atoms with Crippen LogP contribution in [0.3, 0.4) is 0 Å². The number of nitrogens with zero attached hydrogens (tertiary/aromatic N) is 1. The average Bonchev–Trinajstić information content (AvgIpc) is 2.47. The fraction of sp³-hybridized carbons (Fsp3) is 0.667. The van der Waals surface area contributed by atoms with Crippen molar-refractivity contribution in [1.29, 1.82) is 0 Å². The van der Waals surface area contributed by atoms with E-state index < -0.39 is 0 Å². The van der Waals surface area contributed by atoms with E-state index in [-0.39, 0.29) is 17.9 Å². The van der Waals surface area contributed by atoms with Gasteiger partial charge in [0.15, 0.2) is 0 Å². The Kier molecular flexibility index (Phi) is 4.77. The van der Waals surface area contributed by atoms with Crippen LogP contribution >= 0.6 is 0 Å². The Morgan fingerprint density at radius 2 is 1.95 bits per heavy atom. The minimum Gasteiger partial charge on any atom is -0.353 e. The molecule has 1 aromatic rings. The van der Waals surface area contributed by atoms with Gasteiger partial charge in [-0.3, -0.25) is 9.78 Å². The van der Waals surface area contributed by atoms with E-state index in [2.05, 4.69) is 17.2 Å². The number of hydrogen-bond acceptors (Lipinski definition) is 3. The number of amides is 1. The predicted octanol–water partition coefficient (Wildman–Crippen LogP) is 2.28. The standard InChI is InChI=1S/C18H27N3O/c1-12(9-13-5-7-20-8-6-13)21-18(22)16-10-14-3-2-4-15(11-16)17(14)19/h5-8,12,14-17H,2-4,9-11,19H2,1H3,(H,21,22). The summed E-state index contributed by atoms with van der Waals surface area (Å²) in [5.74, 6) is 1.50. The van der Waals surface area contributed by atoms with E-state index in [1.807, 2.05) is 12.1 Å². The van der Waals surface area contributed by atoms with Crippen LogP contribution < -0.4 is 11.1 Å². The molecule has 1 heterocycles. The van der Waals surface area contributed by atoms with Gasteiger partial charge < -0.3 is 11.1 Å². The molecular formula is C18H27N3O. The Labute approximate surface area is 132 Å². The summed E-state index contributed by atoms with van der Waals surface area (Å²) in [6, 6.07) is 4.50. The smallest absolute Gasteiger partial charge is 0.223 e. The molecule has 3 atom stereocenters. The summed E-state index contributed by atoms with van der Waals surface area (Å²) in [5, 5.41) is 3.20. The van der Waals surface area contributed by atoms with Crippen molar-refractivity contribution in [2.45, 2.75) is 57.5 Å². The van der Waals surface area contributed by atoms with Gasteiger partial charge >= 0.3 is 0 Å². The molecule has 0 saturated heterocycles. The first-order valence-electron chi connectivity index (χ1n) is 8.58. The van der Waals surface area contributed by atoms with E-state index in [9.17, 15) is 4.79 Å². The second-order valence-electron chi connectivity index (χ2n) is 7.17. The molecule has 1 amide bonds. The molecule has 4 nitrogen and oxygen atoms in total. The largest absolute Gasteiger partial charge is 0.353 e. The highest BCUT2D eigenvalue weighted by Crippen LogP contribution is 2.41. The molecule has 3 N–H and O–H groups in total. The highest BCUT2D eigenvalue weighted by Gasteiger charge is 2.40. The van der Waals surface area contributed by atoms with E-state index in [0.717, 1.165) is 19.3 Å². The highest BCUT2D eigenvalue weighted by molar-refractivity contribution is 5.79. The Bertz CT molecular complexity index is 490. The van der Waals surface area contributed by atoms with Gasteiger partial charge in [0.05, 0.1) is 0 Å². The Hall–Kier alpha value is -1.42. The van der Waals surface area contributed by atoms with Crippen molar-refractivity contribution < 1.29 is 4.79 Å². The summed E-state index contributed by atoms with van der Waals surface area (Å²) in [7, 11) is 0. The summed E-state index contributed by atoms with van der Waals surface area (Å²) in [6.45, 7) is 2.08. The van der Waals surface area contributed by atoms with Gasteiger partial charge in [-0.05, 0) is 68.6 Å². The van der Waals surface area contributed by atoms with Crippen molar-refractivity contribution in [3.63, 3.8) is 0 Å². The molecule has 0 radical (unpaired) electrons. The predicted molar refractivity (Wildman–Crippen MR) is 87.1 cm³/mol. The first kappa shape index (κ1) is 15.5. The summed E-state index contributed by atoms with van der Waals surface area (Å²) >= 11 is 0. The maximum absolute atomic E-state index is 12.6. The number of aromatic nitrogens is 1. The zero-order valence-corrected chi connectivity index (χ0v) is 13.4. The third-order valence-electron chi connectivity index (χ3n) is 5.46. The lowest BCUT2D eigenvalue weighted by Gasteiger charge is -2.43. The summed E-state index contributed by atoms with van der Waals surface area (Å²) < 4.78 is 0. The highest BCUT2D eigenvalue weighted by atomic mass is 16.1. The van der Waals surface area contributed by atoms with Gasteiger partial charge in [-0.25, -0.2) is 0 Å². The van der Waals surface area contributed by atoms with Crippen LogP contribution in [0.4, 0.5) is 0 Å². The number of carbonyl (C=O) groups excluding carboxylic acids is 1. The molecule has 3 rings (SSSR count). The van der Waals surface area contributed by atoms with Crippen molar-refractivity contribution in [3.05, 3.63) is 30.1 Å². The number of carbonyl (C=O) groups is 1. The molecule has 2 saturated carbocycles. The molecule has 0 aromatic carbocycles. The molecule has 22 heavy (non-hydrogen) atoms. The Balaban J connectivity index is 1.53. The number of nitrogens with one attached hydrogen (secondary N) is 1. The number of fused-ring (bicyclic) bond motifs is 2. The first-order valence-corrected chi connectivity index (χ1v) is 8.58. The van der Waals surface area contributed by atoms with Crippen molar-refractivity contribution >= 4 is 5.91 Å². The molecule has 2 aliphatic carbocycles. The summed E-state index contributed by atoms with van der Waals surface area (Å²) in [4.78, 5) is 16.6. The van der Waals surface area contributed by atoms with Crippen LogP contribution in [0.25, 0.3) is 0 Å². The van der Waals surface area contributed by atoms with E-state index in [1.165, 1.54) is 24.8 Å². The lowest BCUT2D eigenvalue weighted by molar-refractivity contribution is -0.128. The van der Waals surface area contributed by atoms with Crippen LogP contribution in [-0.2, 0) is 11.2 Å². The van der Waals surface area contributed by atoms with E-state index in [0.29, 0.717) is 17.9 Å². The molecule has 2 fully saturated rings.